The van der Waals surface area contributed by atoms with E-state index >= 15 is 0 Å². The van der Waals surface area contributed by atoms with Crippen molar-refractivity contribution in [2.45, 2.75) is 161 Å². The summed E-state index contributed by atoms with van der Waals surface area (Å²) in [5.41, 5.74) is 0. The zero-order valence-electron chi connectivity index (χ0n) is 28.0. The van der Waals surface area contributed by atoms with Gasteiger partial charge in [-0.3, -0.25) is 9.35 Å². The minimum absolute atomic E-state index is 0.274. The van der Waals surface area contributed by atoms with Crippen LogP contribution in [0.4, 0.5) is 0 Å². The lowest BCUT2D eigenvalue weighted by Gasteiger charge is -2.21. The van der Waals surface area contributed by atoms with Gasteiger partial charge < -0.3 is 10.4 Å². The van der Waals surface area contributed by atoms with Gasteiger partial charge in [-0.05, 0) is 64.2 Å². The molecule has 44 heavy (non-hydrogen) atoms. The monoisotopic (exact) mass is 635 g/mol. The quantitative estimate of drug-likeness (QED) is 0.0414. The number of amides is 1. The van der Waals surface area contributed by atoms with Crippen LogP contribution < -0.4 is 5.32 Å². The summed E-state index contributed by atoms with van der Waals surface area (Å²) >= 11 is 0. The lowest BCUT2D eigenvalue weighted by Crippen LogP contribution is -2.46. The third-order valence-corrected chi connectivity index (χ3v) is 8.21. The van der Waals surface area contributed by atoms with E-state index in [0.29, 0.717) is 12.8 Å². The first-order valence-corrected chi connectivity index (χ1v) is 19.1. The number of rotatable bonds is 30. The van der Waals surface area contributed by atoms with Gasteiger partial charge in [0, 0.05) is 6.42 Å². The first kappa shape index (κ1) is 42.0. The fourth-order valence-corrected chi connectivity index (χ4v) is 5.56. The fraction of sp³-hybridized carbons (Fsp3) is 0.703. The number of hydrogen-bond donors (Lipinski definition) is 3. The Balaban J connectivity index is 4.07. The molecule has 0 saturated carbocycles. The predicted molar refractivity (Wildman–Crippen MR) is 188 cm³/mol. The van der Waals surface area contributed by atoms with Crippen LogP contribution in [0.15, 0.2) is 60.8 Å². The average molecular weight is 636 g/mol. The molecule has 0 fully saturated rings. The Hall–Kier alpha value is -1.96. The third-order valence-electron chi connectivity index (χ3n) is 7.43. The molecule has 0 radical (unpaired) electrons. The Morgan fingerprint density at radius 3 is 1.70 bits per heavy atom. The summed E-state index contributed by atoms with van der Waals surface area (Å²) in [6, 6.07) is -1.08. The van der Waals surface area contributed by atoms with Crippen LogP contribution in [0.1, 0.15) is 149 Å². The van der Waals surface area contributed by atoms with Gasteiger partial charge in [0.1, 0.15) is 0 Å². The predicted octanol–water partition coefficient (Wildman–Crippen LogP) is 9.73. The Bertz CT molecular complexity index is 920. The molecule has 2 atom stereocenters. The van der Waals surface area contributed by atoms with Crippen LogP contribution in [0.25, 0.3) is 0 Å². The molecule has 1 amide bonds. The minimum atomic E-state index is -4.35. The van der Waals surface area contributed by atoms with E-state index in [0.717, 1.165) is 57.8 Å². The molecule has 0 spiro atoms. The number of aliphatic hydroxyl groups is 1. The van der Waals surface area contributed by atoms with Crippen molar-refractivity contribution in [3.8, 4) is 0 Å². The van der Waals surface area contributed by atoms with Crippen LogP contribution in [-0.2, 0) is 14.9 Å². The second-order valence-corrected chi connectivity index (χ2v) is 13.3. The van der Waals surface area contributed by atoms with E-state index in [1.807, 2.05) is 0 Å². The molecule has 6 nitrogen and oxygen atoms in total. The molecule has 0 aliphatic carbocycles. The van der Waals surface area contributed by atoms with Crippen LogP contribution in [0.5, 0.6) is 0 Å². The highest BCUT2D eigenvalue weighted by atomic mass is 32.2. The maximum absolute atomic E-state index is 12.4. The highest BCUT2D eigenvalue weighted by Crippen LogP contribution is 2.11. The van der Waals surface area contributed by atoms with E-state index in [9.17, 15) is 22.9 Å². The number of allylic oxidation sites excluding steroid dienone is 9. The van der Waals surface area contributed by atoms with Crippen molar-refractivity contribution < 1.29 is 22.9 Å². The molecule has 0 rings (SSSR count). The topological polar surface area (TPSA) is 104 Å². The van der Waals surface area contributed by atoms with Crippen molar-refractivity contribution in [1.29, 1.82) is 0 Å². The second-order valence-electron chi connectivity index (χ2n) is 11.8. The molecule has 7 heteroatoms. The molecule has 3 N–H and O–H groups in total. The molecular weight excluding hydrogens is 570 g/mol. The van der Waals surface area contributed by atoms with Gasteiger partial charge in [0.05, 0.1) is 17.9 Å². The van der Waals surface area contributed by atoms with Gasteiger partial charge in [-0.1, -0.05) is 139 Å². The molecule has 254 valence electrons. The Kier molecular flexibility index (Phi) is 29.7. The van der Waals surface area contributed by atoms with Crippen LogP contribution in [0.2, 0.25) is 0 Å². The summed E-state index contributed by atoms with van der Waals surface area (Å²) in [4.78, 5) is 12.4. The normalized spacial score (nSPS) is 14.2. The molecule has 0 saturated heterocycles. The first-order valence-electron chi connectivity index (χ1n) is 17.5. The summed E-state index contributed by atoms with van der Waals surface area (Å²) < 4.78 is 32.3. The van der Waals surface area contributed by atoms with Crippen LogP contribution >= 0.6 is 0 Å². The van der Waals surface area contributed by atoms with Gasteiger partial charge in [-0.15, -0.1) is 0 Å². The van der Waals surface area contributed by atoms with Crippen molar-refractivity contribution in [3.63, 3.8) is 0 Å². The van der Waals surface area contributed by atoms with E-state index in [1.165, 1.54) is 63.9 Å². The molecule has 0 heterocycles. The molecule has 0 aromatic rings. The Labute approximate surface area is 271 Å². The number of carbonyl (C=O) groups is 1. The molecule has 0 aliphatic heterocycles. The number of hydrogen-bond acceptors (Lipinski definition) is 4. The number of aliphatic hydroxyl groups excluding tert-OH is 1. The molecule has 2 unspecified atom stereocenters. The van der Waals surface area contributed by atoms with E-state index in [-0.39, 0.29) is 12.3 Å². The molecular formula is C37H65NO5S. The molecule has 0 aromatic carbocycles. The average Bonchev–Trinajstić information content (AvgIpc) is 2.98. The first-order chi connectivity index (χ1) is 21.3. The molecule has 0 aliphatic rings. The fourth-order valence-electron chi connectivity index (χ4n) is 4.83. The standard InChI is InChI=1S/C37H65NO5S/c1-3-5-7-9-11-13-15-17-18-19-20-21-23-25-27-29-31-33-37(40)38-35(34-44(41,42)43)36(39)32-30-28-26-24-22-16-14-12-10-8-6-4-2/h5,7,11,13,17-18,22,24,30,32,35-36,39H,3-4,6,8-10,12,14-16,19-21,23,25-29,31,33-34H2,1-2H3,(H,38,40)(H,41,42,43)/b7-5-,13-11-,18-17-,24-22+,32-30+. The van der Waals surface area contributed by atoms with Gasteiger partial charge in [0.25, 0.3) is 10.1 Å². The Morgan fingerprint density at radius 2 is 1.11 bits per heavy atom. The van der Waals surface area contributed by atoms with Gasteiger partial charge in [-0.2, -0.15) is 8.42 Å². The van der Waals surface area contributed by atoms with Crippen molar-refractivity contribution in [1.82, 2.24) is 5.32 Å². The lowest BCUT2D eigenvalue weighted by atomic mass is 10.1. The van der Waals surface area contributed by atoms with Crippen LogP contribution in [0, 0.1) is 0 Å². The Morgan fingerprint density at radius 1 is 0.636 bits per heavy atom. The zero-order chi connectivity index (χ0) is 32.6. The number of unbranched alkanes of at least 4 members (excludes halogenated alkanes) is 14. The van der Waals surface area contributed by atoms with Crippen molar-refractivity contribution in [3.05, 3.63) is 60.8 Å². The zero-order valence-corrected chi connectivity index (χ0v) is 28.8. The lowest BCUT2D eigenvalue weighted by molar-refractivity contribution is -0.122. The van der Waals surface area contributed by atoms with Crippen LogP contribution in [-0.4, -0.2) is 41.9 Å². The van der Waals surface area contributed by atoms with E-state index in [1.54, 1.807) is 6.08 Å². The summed E-state index contributed by atoms with van der Waals surface area (Å²) in [6.07, 6.45) is 42.0. The van der Waals surface area contributed by atoms with E-state index in [4.69, 9.17) is 0 Å². The van der Waals surface area contributed by atoms with Gasteiger partial charge in [-0.25, -0.2) is 0 Å². The van der Waals surface area contributed by atoms with Crippen molar-refractivity contribution >= 4 is 16.0 Å². The molecule has 0 aromatic heterocycles. The SMILES string of the molecule is CC/C=C\C/C=C\C/C=C\CCCCCCCCCC(=O)NC(CS(=O)(=O)O)C(O)/C=C/CC/C=C/CCCCCCCC. The highest BCUT2D eigenvalue weighted by Gasteiger charge is 2.24. The number of nitrogens with one attached hydrogen (secondary N) is 1. The van der Waals surface area contributed by atoms with Gasteiger partial charge >= 0.3 is 0 Å². The van der Waals surface area contributed by atoms with Crippen molar-refractivity contribution in [2.75, 3.05) is 5.75 Å². The van der Waals surface area contributed by atoms with Gasteiger partial charge in [0.2, 0.25) is 5.91 Å². The van der Waals surface area contributed by atoms with Crippen molar-refractivity contribution in [2.24, 2.45) is 0 Å². The second kappa shape index (κ2) is 31.0. The molecule has 0 bridgehead atoms. The van der Waals surface area contributed by atoms with Crippen LogP contribution in [0.3, 0.4) is 0 Å². The minimum Gasteiger partial charge on any atom is -0.387 e. The highest BCUT2D eigenvalue weighted by molar-refractivity contribution is 7.85. The van der Waals surface area contributed by atoms with E-state index < -0.39 is 28.0 Å². The summed E-state index contributed by atoms with van der Waals surface area (Å²) in [5.74, 6) is -1.02. The maximum atomic E-state index is 12.4. The summed E-state index contributed by atoms with van der Waals surface area (Å²) in [7, 11) is -4.35. The maximum Gasteiger partial charge on any atom is 0.267 e. The largest absolute Gasteiger partial charge is 0.387 e. The summed E-state index contributed by atoms with van der Waals surface area (Å²) in [6.45, 7) is 4.37. The van der Waals surface area contributed by atoms with E-state index in [2.05, 4.69) is 67.8 Å². The van der Waals surface area contributed by atoms with Gasteiger partial charge in [0.15, 0.2) is 0 Å². The number of carbonyl (C=O) groups excluding carboxylic acids is 1. The summed E-state index contributed by atoms with van der Waals surface area (Å²) in [5, 5.41) is 13.1. The third kappa shape index (κ3) is 31.5. The smallest absolute Gasteiger partial charge is 0.267 e.